The summed E-state index contributed by atoms with van der Waals surface area (Å²) in [5.74, 6) is 0.242. The summed E-state index contributed by atoms with van der Waals surface area (Å²) in [6.07, 6.45) is 0.822. The normalized spacial score (nSPS) is 13.7. The first-order chi connectivity index (χ1) is 12.6. The molecule has 1 N–H and O–H groups in total. The number of hydrogen-bond donors (Lipinski definition) is 1. The minimum atomic E-state index is -0.678. The van der Waals surface area contributed by atoms with Crippen molar-refractivity contribution in [3.63, 3.8) is 0 Å². The Morgan fingerprint density at radius 1 is 1.04 bits per heavy atom. The molecule has 0 aromatic heterocycles. The highest BCUT2D eigenvalue weighted by Gasteiger charge is 2.29. The standard InChI is InChI=1S/C20H22N2O4/c1-13(20(24)22-12-11-14-7-4-5-8-15(14)22)21-19(23)18-16(25-2)9-6-10-17(18)26-3/h4-10,13H,11-12H2,1-3H3,(H,21,23)/t13-/m1/s1. The Bertz CT molecular complexity index is 812. The van der Waals surface area contributed by atoms with Crippen LogP contribution in [0.1, 0.15) is 22.8 Å². The van der Waals surface area contributed by atoms with Gasteiger partial charge in [-0.2, -0.15) is 0 Å². The Kier molecular flexibility index (Phi) is 5.11. The lowest BCUT2D eigenvalue weighted by molar-refractivity contribution is -0.119. The Balaban J connectivity index is 1.78. The minimum absolute atomic E-state index is 0.142. The summed E-state index contributed by atoms with van der Waals surface area (Å²) >= 11 is 0. The first kappa shape index (κ1) is 17.8. The van der Waals surface area contributed by atoms with Gasteiger partial charge < -0.3 is 19.7 Å². The molecule has 0 radical (unpaired) electrons. The van der Waals surface area contributed by atoms with E-state index >= 15 is 0 Å². The van der Waals surface area contributed by atoms with Crippen LogP contribution in [0.2, 0.25) is 0 Å². The highest BCUT2D eigenvalue weighted by atomic mass is 16.5. The third kappa shape index (κ3) is 3.22. The molecule has 2 aromatic rings. The number of para-hydroxylation sites is 1. The van der Waals surface area contributed by atoms with Gasteiger partial charge in [0.1, 0.15) is 23.1 Å². The molecule has 0 bridgehead atoms. The van der Waals surface area contributed by atoms with Crippen LogP contribution in [0.15, 0.2) is 42.5 Å². The molecule has 0 aliphatic carbocycles. The fourth-order valence-electron chi connectivity index (χ4n) is 3.21. The van der Waals surface area contributed by atoms with Crippen molar-refractivity contribution >= 4 is 17.5 Å². The third-order valence-electron chi connectivity index (χ3n) is 4.53. The molecule has 1 aliphatic rings. The van der Waals surface area contributed by atoms with Gasteiger partial charge in [-0.3, -0.25) is 9.59 Å². The summed E-state index contributed by atoms with van der Waals surface area (Å²) < 4.78 is 10.5. The second kappa shape index (κ2) is 7.47. The van der Waals surface area contributed by atoms with Gasteiger partial charge in [0, 0.05) is 12.2 Å². The van der Waals surface area contributed by atoms with Crippen LogP contribution >= 0.6 is 0 Å². The second-order valence-electron chi connectivity index (χ2n) is 6.10. The van der Waals surface area contributed by atoms with E-state index in [9.17, 15) is 9.59 Å². The number of nitrogens with one attached hydrogen (secondary N) is 1. The fourth-order valence-corrected chi connectivity index (χ4v) is 3.21. The summed E-state index contributed by atoms with van der Waals surface area (Å²) in [6, 6.07) is 12.2. The Morgan fingerprint density at radius 3 is 2.35 bits per heavy atom. The van der Waals surface area contributed by atoms with Crippen molar-refractivity contribution in [2.45, 2.75) is 19.4 Å². The van der Waals surface area contributed by atoms with Crippen molar-refractivity contribution in [3.8, 4) is 11.5 Å². The zero-order valence-corrected chi connectivity index (χ0v) is 15.1. The first-order valence-electron chi connectivity index (χ1n) is 8.48. The molecule has 6 nitrogen and oxygen atoms in total. The zero-order valence-electron chi connectivity index (χ0n) is 15.1. The van der Waals surface area contributed by atoms with Gasteiger partial charge in [-0.15, -0.1) is 0 Å². The molecule has 1 atom stereocenters. The van der Waals surface area contributed by atoms with Crippen LogP contribution in [0.4, 0.5) is 5.69 Å². The monoisotopic (exact) mass is 354 g/mol. The molecule has 0 saturated heterocycles. The van der Waals surface area contributed by atoms with Gasteiger partial charge in [0.05, 0.1) is 14.2 Å². The first-order valence-corrected chi connectivity index (χ1v) is 8.48. The molecular weight excluding hydrogens is 332 g/mol. The molecule has 1 heterocycles. The van der Waals surface area contributed by atoms with E-state index in [1.807, 2.05) is 24.3 Å². The number of hydrogen-bond acceptors (Lipinski definition) is 4. The molecule has 6 heteroatoms. The Hall–Kier alpha value is -3.02. The average molecular weight is 354 g/mol. The number of carbonyl (C=O) groups is 2. The summed E-state index contributed by atoms with van der Waals surface area (Å²) in [7, 11) is 2.97. The lowest BCUT2D eigenvalue weighted by atomic mass is 10.1. The van der Waals surface area contributed by atoms with Gasteiger partial charge in [-0.05, 0) is 37.1 Å². The van der Waals surface area contributed by atoms with Crippen molar-refractivity contribution in [2.75, 3.05) is 25.7 Å². The largest absolute Gasteiger partial charge is 0.496 e. The molecule has 26 heavy (non-hydrogen) atoms. The molecule has 0 fully saturated rings. The highest BCUT2D eigenvalue weighted by Crippen LogP contribution is 2.29. The van der Waals surface area contributed by atoms with Crippen LogP contribution < -0.4 is 19.7 Å². The lowest BCUT2D eigenvalue weighted by Gasteiger charge is -2.23. The predicted octanol–water partition coefficient (Wildman–Crippen LogP) is 2.41. The van der Waals surface area contributed by atoms with E-state index in [2.05, 4.69) is 5.32 Å². The van der Waals surface area contributed by atoms with Crippen LogP contribution in [0.25, 0.3) is 0 Å². The lowest BCUT2D eigenvalue weighted by Crippen LogP contribution is -2.46. The number of fused-ring (bicyclic) bond motifs is 1. The maximum absolute atomic E-state index is 12.8. The number of rotatable bonds is 5. The maximum atomic E-state index is 12.8. The van der Waals surface area contributed by atoms with Gasteiger partial charge in [0.15, 0.2) is 0 Å². The van der Waals surface area contributed by atoms with Gasteiger partial charge in [-0.1, -0.05) is 24.3 Å². The summed E-state index contributed by atoms with van der Waals surface area (Å²) in [5.41, 5.74) is 2.33. The minimum Gasteiger partial charge on any atom is -0.496 e. The molecule has 0 saturated carbocycles. The molecular formula is C20H22N2O4. The number of carbonyl (C=O) groups excluding carboxylic acids is 2. The van der Waals surface area contributed by atoms with Crippen LogP contribution in [0.5, 0.6) is 11.5 Å². The number of ether oxygens (including phenoxy) is 2. The molecule has 1 aliphatic heterocycles. The van der Waals surface area contributed by atoms with Crippen molar-refractivity contribution in [1.82, 2.24) is 5.32 Å². The molecule has 0 spiro atoms. The maximum Gasteiger partial charge on any atom is 0.259 e. The van der Waals surface area contributed by atoms with E-state index in [0.29, 0.717) is 18.0 Å². The van der Waals surface area contributed by atoms with E-state index in [4.69, 9.17) is 9.47 Å². The molecule has 0 unspecified atom stereocenters. The van der Waals surface area contributed by atoms with Crippen LogP contribution in [0.3, 0.4) is 0 Å². The van der Waals surface area contributed by atoms with Crippen molar-refractivity contribution < 1.29 is 19.1 Å². The van der Waals surface area contributed by atoms with Crippen LogP contribution in [-0.2, 0) is 11.2 Å². The van der Waals surface area contributed by atoms with Gasteiger partial charge in [-0.25, -0.2) is 0 Å². The number of benzene rings is 2. The van der Waals surface area contributed by atoms with Crippen molar-refractivity contribution in [2.24, 2.45) is 0 Å². The fraction of sp³-hybridized carbons (Fsp3) is 0.300. The van der Waals surface area contributed by atoms with E-state index < -0.39 is 11.9 Å². The van der Waals surface area contributed by atoms with Crippen molar-refractivity contribution in [3.05, 3.63) is 53.6 Å². The summed E-state index contributed by atoms with van der Waals surface area (Å²) in [4.78, 5) is 27.3. The number of methoxy groups -OCH3 is 2. The van der Waals surface area contributed by atoms with Gasteiger partial charge >= 0.3 is 0 Å². The van der Waals surface area contributed by atoms with Gasteiger partial charge in [0.2, 0.25) is 5.91 Å². The third-order valence-corrected chi connectivity index (χ3v) is 4.53. The van der Waals surface area contributed by atoms with Gasteiger partial charge in [0.25, 0.3) is 5.91 Å². The van der Waals surface area contributed by atoms with Crippen molar-refractivity contribution in [1.29, 1.82) is 0 Å². The van der Waals surface area contributed by atoms with E-state index in [1.165, 1.54) is 14.2 Å². The quantitative estimate of drug-likeness (QED) is 0.895. The van der Waals surface area contributed by atoms with E-state index in [1.54, 1.807) is 30.0 Å². The Morgan fingerprint density at radius 2 is 1.69 bits per heavy atom. The molecule has 2 aromatic carbocycles. The number of amides is 2. The highest BCUT2D eigenvalue weighted by molar-refractivity contribution is 6.05. The van der Waals surface area contributed by atoms with E-state index in [-0.39, 0.29) is 11.5 Å². The molecule has 136 valence electrons. The molecule has 2 amide bonds. The number of nitrogens with zero attached hydrogens (tertiary/aromatic N) is 1. The summed E-state index contributed by atoms with van der Waals surface area (Å²) in [5, 5.41) is 2.76. The SMILES string of the molecule is COc1cccc(OC)c1C(=O)N[C@H](C)C(=O)N1CCc2ccccc21. The number of anilines is 1. The Labute approximate surface area is 152 Å². The average Bonchev–Trinajstić information content (AvgIpc) is 3.10. The molecule has 3 rings (SSSR count). The summed E-state index contributed by atoms with van der Waals surface area (Å²) in [6.45, 7) is 2.30. The topological polar surface area (TPSA) is 67.9 Å². The second-order valence-corrected chi connectivity index (χ2v) is 6.10. The van der Waals surface area contributed by atoms with E-state index in [0.717, 1.165) is 17.7 Å². The predicted molar refractivity (Wildman–Crippen MR) is 99.0 cm³/mol. The zero-order chi connectivity index (χ0) is 18.7. The van der Waals surface area contributed by atoms with Crippen LogP contribution in [-0.4, -0.2) is 38.6 Å². The van der Waals surface area contributed by atoms with Crippen LogP contribution in [0, 0.1) is 0 Å². The smallest absolute Gasteiger partial charge is 0.259 e.